The SMILES string of the molecule is CS(=O)(=O)N(C1CCC1)[C@@H]1CCCN(CCn2cccn2)CC1. The molecule has 0 N–H and O–H groups in total. The summed E-state index contributed by atoms with van der Waals surface area (Å²) >= 11 is 0. The van der Waals surface area contributed by atoms with Gasteiger partial charge in [0.2, 0.25) is 10.0 Å². The fourth-order valence-corrected chi connectivity index (χ4v) is 5.28. The van der Waals surface area contributed by atoms with Gasteiger partial charge in [-0.25, -0.2) is 8.42 Å². The lowest BCUT2D eigenvalue weighted by Crippen LogP contribution is -2.49. The van der Waals surface area contributed by atoms with Crippen LogP contribution in [0.4, 0.5) is 0 Å². The molecule has 3 rings (SSSR count). The Kier molecular flexibility index (Phi) is 5.38. The molecule has 0 radical (unpaired) electrons. The topological polar surface area (TPSA) is 58.4 Å². The van der Waals surface area contributed by atoms with Crippen molar-refractivity contribution in [3.05, 3.63) is 18.5 Å². The molecule has 2 fully saturated rings. The van der Waals surface area contributed by atoms with E-state index < -0.39 is 10.0 Å². The summed E-state index contributed by atoms with van der Waals surface area (Å²) in [5, 5.41) is 4.24. The molecule has 130 valence electrons. The van der Waals surface area contributed by atoms with Gasteiger partial charge < -0.3 is 4.90 Å². The first-order valence-electron chi connectivity index (χ1n) is 8.72. The molecule has 1 aliphatic heterocycles. The van der Waals surface area contributed by atoms with E-state index in [0.29, 0.717) is 0 Å². The van der Waals surface area contributed by atoms with Crippen LogP contribution in [0.25, 0.3) is 0 Å². The van der Waals surface area contributed by atoms with Gasteiger partial charge in [0.25, 0.3) is 0 Å². The Morgan fingerprint density at radius 2 is 1.83 bits per heavy atom. The van der Waals surface area contributed by atoms with Gasteiger partial charge in [-0.15, -0.1) is 0 Å². The second-order valence-electron chi connectivity index (χ2n) is 6.87. The summed E-state index contributed by atoms with van der Waals surface area (Å²) in [5.41, 5.74) is 0. The van der Waals surface area contributed by atoms with Gasteiger partial charge >= 0.3 is 0 Å². The molecule has 1 atom stereocenters. The van der Waals surface area contributed by atoms with E-state index in [4.69, 9.17) is 0 Å². The van der Waals surface area contributed by atoms with E-state index in [1.54, 1.807) is 6.20 Å². The Balaban J connectivity index is 1.56. The fraction of sp³-hybridized carbons (Fsp3) is 0.812. The molecule has 0 aromatic carbocycles. The summed E-state index contributed by atoms with van der Waals surface area (Å²) in [5.74, 6) is 0. The zero-order valence-electron chi connectivity index (χ0n) is 14.0. The maximum atomic E-state index is 12.2. The second kappa shape index (κ2) is 7.32. The molecular weight excluding hydrogens is 312 g/mol. The third kappa shape index (κ3) is 4.33. The minimum absolute atomic E-state index is 0.185. The van der Waals surface area contributed by atoms with Gasteiger partial charge in [-0.1, -0.05) is 6.42 Å². The number of aromatic nitrogens is 2. The highest BCUT2D eigenvalue weighted by atomic mass is 32.2. The van der Waals surface area contributed by atoms with Gasteiger partial charge in [0.05, 0.1) is 12.8 Å². The van der Waals surface area contributed by atoms with Crippen molar-refractivity contribution in [3.8, 4) is 0 Å². The molecule has 7 heteroatoms. The average Bonchev–Trinajstić information content (AvgIpc) is 2.85. The number of hydrogen-bond acceptors (Lipinski definition) is 4. The summed E-state index contributed by atoms with van der Waals surface area (Å²) in [6, 6.07) is 2.39. The van der Waals surface area contributed by atoms with E-state index >= 15 is 0 Å². The molecule has 2 heterocycles. The first-order valence-corrected chi connectivity index (χ1v) is 10.6. The van der Waals surface area contributed by atoms with Crippen LogP contribution in [-0.4, -0.2) is 65.4 Å². The first kappa shape index (κ1) is 16.9. The van der Waals surface area contributed by atoms with Crippen molar-refractivity contribution in [1.82, 2.24) is 19.0 Å². The maximum Gasteiger partial charge on any atom is 0.211 e. The van der Waals surface area contributed by atoms with Crippen LogP contribution in [0.1, 0.15) is 38.5 Å². The molecular formula is C16H28N4O2S. The van der Waals surface area contributed by atoms with Crippen LogP contribution in [0.2, 0.25) is 0 Å². The molecule has 2 aliphatic rings. The third-order valence-corrected chi connectivity index (χ3v) is 6.53. The van der Waals surface area contributed by atoms with Gasteiger partial charge in [-0.05, 0) is 51.3 Å². The summed E-state index contributed by atoms with van der Waals surface area (Å²) in [6.07, 6.45) is 11.4. The Morgan fingerprint density at radius 1 is 1.09 bits per heavy atom. The molecule has 1 aromatic rings. The zero-order valence-corrected chi connectivity index (χ0v) is 14.8. The van der Waals surface area contributed by atoms with Crippen molar-refractivity contribution in [2.75, 3.05) is 25.9 Å². The number of likely N-dealkylation sites (tertiary alicyclic amines) is 1. The molecule has 1 saturated carbocycles. The lowest BCUT2D eigenvalue weighted by molar-refractivity contribution is 0.161. The van der Waals surface area contributed by atoms with Gasteiger partial charge in [0.15, 0.2) is 0 Å². The summed E-state index contributed by atoms with van der Waals surface area (Å²) < 4.78 is 28.3. The van der Waals surface area contributed by atoms with Crippen LogP contribution in [0.5, 0.6) is 0 Å². The van der Waals surface area contributed by atoms with Crippen molar-refractivity contribution >= 4 is 10.0 Å². The smallest absolute Gasteiger partial charge is 0.211 e. The largest absolute Gasteiger partial charge is 0.301 e. The average molecular weight is 340 g/mol. The van der Waals surface area contributed by atoms with Crippen LogP contribution in [0, 0.1) is 0 Å². The highest BCUT2D eigenvalue weighted by molar-refractivity contribution is 7.88. The Morgan fingerprint density at radius 3 is 2.43 bits per heavy atom. The number of hydrogen-bond donors (Lipinski definition) is 0. The van der Waals surface area contributed by atoms with Gasteiger partial charge in [0, 0.05) is 31.0 Å². The minimum atomic E-state index is -3.11. The molecule has 6 nitrogen and oxygen atoms in total. The summed E-state index contributed by atoms with van der Waals surface area (Å²) in [4.78, 5) is 2.45. The van der Waals surface area contributed by atoms with Crippen LogP contribution in [0.15, 0.2) is 18.5 Å². The van der Waals surface area contributed by atoms with Crippen LogP contribution < -0.4 is 0 Å². The van der Waals surface area contributed by atoms with Crippen molar-refractivity contribution < 1.29 is 8.42 Å². The van der Waals surface area contributed by atoms with E-state index in [-0.39, 0.29) is 12.1 Å². The highest BCUT2D eigenvalue weighted by Gasteiger charge is 2.37. The Labute approximate surface area is 139 Å². The Bertz CT molecular complexity index is 583. The third-order valence-electron chi connectivity index (χ3n) is 5.17. The number of rotatable bonds is 6. The standard InChI is InChI=1S/C16H28N4O2S/c1-23(21,22)20(15-5-2-6-15)16-7-3-10-18(12-8-16)13-14-19-11-4-9-17-19/h4,9,11,15-16H,2-3,5-8,10,12-14H2,1H3/t16-/m1/s1. The van der Waals surface area contributed by atoms with E-state index in [0.717, 1.165) is 58.3 Å². The van der Waals surface area contributed by atoms with Crippen LogP contribution in [0.3, 0.4) is 0 Å². The van der Waals surface area contributed by atoms with E-state index in [2.05, 4.69) is 10.00 Å². The normalized spacial score (nSPS) is 24.5. The van der Waals surface area contributed by atoms with Crippen molar-refractivity contribution in [1.29, 1.82) is 0 Å². The molecule has 0 unspecified atom stereocenters. The monoisotopic (exact) mass is 340 g/mol. The van der Waals surface area contributed by atoms with Crippen molar-refractivity contribution in [2.24, 2.45) is 0 Å². The second-order valence-corrected chi connectivity index (χ2v) is 8.76. The van der Waals surface area contributed by atoms with E-state index in [9.17, 15) is 8.42 Å². The zero-order chi connectivity index (χ0) is 16.3. The highest BCUT2D eigenvalue weighted by Crippen LogP contribution is 2.31. The first-order chi connectivity index (χ1) is 11.0. The quantitative estimate of drug-likeness (QED) is 0.788. The molecule has 0 amide bonds. The lowest BCUT2D eigenvalue weighted by Gasteiger charge is -2.40. The Hall–Kier alpha value is -0.920. The summed E-state index contributed by atoms with van der Waals surface area (Å²) in [6.45, 7) is 3.91. The van der Waals surface area contributed by atoms with Crippen LogP contribution in [-0.2, 0) is 16.6 Å². The summed E-state index contributed by atoms with van der Waals surface area (Å²) in [7, 11) is -3.11. The molecule has 0 spiro atoms. The van der Waals surface area contributed by atoms with Crippen LogP contribution >= 0.6 is 0 Å². The fourth-order valence-electron chi connectivity index (χ4n) is 3.77. The molecule has 1 aromatic heterocycles. The van der Waals surface area contributed by atoms with Crippen molar-refractivity contribution in [2.45, 2.75) is 57.2 Å². The lowest BCUT2D eigenvalue weighted by atomic mass is 9.91. The number of nitrogens with zero attached hydrogens (tertiary/aromatic N) is 4. The van der Waals surface area contributed by atoms with E-state index in [1.807, 2.05) is 21.3 Å². The number of sulfonamides is 1. The molecule has 1 aliphatic carbocycles. The molecule has 1 saturated heterocycles. The predicted octanol–water partition coefficient (Wildman–Crippen LogP) is 1.55. The van der Waals surface area contributed by atoms with Gasteiger partial charge in [0.1, 0.15) is 0 Å². The van der Waals surface area contributed by atoms with E-state index in [1.165, 1.54) is 12.7 Å². The minimum Gasteiger partial charge on any atom is -0.301 e. The van der Waals surface area contributed by atoms with Gasteiger partial charge in [-0.3, -0.25) is 4.68 Å². The maximum absolute atomic E-state index is 12.2. The molecule has 23 heavy (non-hydrogen) atoms. The predicted molar refractivity (Wildman–Crippen MR) is 90.6 cm³/mol. The van der Waals surface area contributed by atoms with Gasteiger partial charge in [-0.2, -0.15) is 9.40 Å². The molecule has 0 bridgehead atoms. The van der Waals surface area contributed by atoms with Crippen molar-refractivity contribution in [3.63, 3.8) is 0 Å².